The number of fused-ring (bicyclic) bond motifs is 1. The number of aromatic hydroxyl groups is 1. The topological polar surface area (TPSA) is 348 Å². The van der Waals surface area contributed by atoms with Crippen LogP contribution in [0, 0.1) is 0 Å². The molecule has 0 radical (unpaired) electrons. The SMILES string of the molecule is O=S(=O)([O-])c1cccc(Nc2nc(Cl)nc(Nc3cc(S(=O)(=O)[O-])cc4cc(SOO[O-])c(N=Nc5ccc(S(=O)(=O)CCOSOO[O-])cc5)c(O)c34)n2)c1.[Na+].[Na+].[Na+].[Na+]. The smallest absolute Gasteiger partial charge is 0.744 e. The van der Waals surface area contributed by atoms with Crippen molar-refractivity contribution in [3.05, 3.63) is 72.0 Å². The molecule has 0 unspecified atom stereocenters. The van der Waals surface area contributed by atoms with Gasteiger partial charge in [-0.05, 0) is 77.7 Å². The van der Waals surface area contributed by atoms with Crippen LogP contribution in [0.5, 0.6) is 5.75 Å². The van der Waals surface area contributed by atoms with Crippen molar-refractivity contribution in [2.75, 3.05) is 23.0 Å². The average Bonchev–Trinajstić information content (AvgIpc) is 3.12. The Bertz CT molecular complexity index is 2630. The molecule has 0 spiro atoms. The summed E-state index contributed by atoms with van der Waals surface area (Å²) in [5, 5.41) is 51.0. The Morgan fingerprint density at radius 1 is 0.750 bits per heavy atom. The van der Waals surface area contributed by atoms with Crippen LogP contribution in [-0.2, 0) is 53.0 Å². The summed E-state index contributed by atoms with van der Waals surface area (Å²) in [6.45, 7) is -0.363. The van der Waals surface area contributed by atoms with Gasteiger partial charge in [-0.2, -0.15) is 24.4 Å². The van der Waals surface area contributed by atoms with Crippen LogP contribution in [0.3, 0.4) is 0 Å². The third-order valence-electron chi connectivity index (χ3n) is 6.80. The molecule has 3 N–H and O–H groups in total. The first-order chi connectivity index (χ1) is 26.5. The molecule has 60 heavy (non-hydrogen) atoms. The van der Waals surface area contributed by atoms with Crippen molar-refractivity contribution in [2.45, 2.75) is 19.6 Å². The monoisotopic (exact) mass is 983 g/mol. The van der Waals surface area contributed by atoms with Gasteiger partial charge in [0.25, 0.3) is 0 Å². The first kappa shape index (κ1) is 57.6. The maximum Gasteiger partial charge on any atom is 1.00 e. The van der Waals surface area contributed by atoms with Crippen LogP contribution >= 0.6 is 36.0 Å². The number of nitrogens with one attached hydrogen (secondary N) is 2. The fraction of sp³-hybridized carbons (Fsp3) is 0.0741. The van der Waals surface area contributed by atoms with Gasteiger partial charge in [0.05, 0.1) is 55.4 Å². The fourth-order valence-corrected chi connectivity index (χ4v) is 7.62. The van der Waals surface area contributed by atoms with Crippen molar-refractivity contribution >= 4 is 111 Å². The normalized spacial score (nSPS) is 11.6. The molecule has 4 aromatic carbocycles. The van der Waals surface area contributed by atoms with Gasteiger partial charge in [-0.25, -0.2) is 25.3 Å². The van der Waals surface area contributed by atoms with E-state index in [9.17, 15) is 50.0 Å². The second kappa shape index (κ2) is 25.9. The molecule has 0 atom stereocenters. The molecule has 0 fully saturated rings. The van der Waals surface area contributed by atoms with Crippen molar-refractivity contribution in [2.24, 2.45) is 10.2 Å². The van der Waals surface area contributed by atoms with Crippen molar-refractivity contribution in [1.29, 1.82) is 0 Å². The second-order valence-electron chi connectivity index (χ2n) is 10.3. The van der Waals surface area contributed by atoms with Crippen LogP contribution in [0.2, 0.25) is 5.28 Å². The zero-order valence-electron chi connectivity index (χ0n) is 31.0. The minimum atomic E-state index is -5.17. The second-order valence-corrected chi connectivity index (χ2v) is 16.8. The Hall–Kier alpha value is -0.370. The average molecular weight is 984 g/mol. The summed E-state index contributed by atoms with van der Waals surface area (Å²) in [5.74, 6) is -1.95. The van der Waals surface area contributed by atoms with Gasteiger partial charge < -0.3 is 35.4 Å². The molecule has 0 aliphatic heterocycles. The molecule has 0 amide bonds. The van der Waals surface area contributed by atoms with Crippen LogP contribution in [0.15, 0.2) is 96.5 Å². The number of phenolic OH excluding ortho intramolecular Hbond substituents is 1. The van der Waals surface area contributed by atoms with Crippen molar-refractivity contribution in [3.63, 3.8) is 0 Å². The summed E-state index contributed by atoms with van der Waals surface area (Å²) in [7, 11) is -13.9. The molecule has 0 bridgehead atoms. The van der Waals surface area contributed by atoms with Gasteiger partial charge in [-0.15, -0.1) is 9.45 Å². The molecule has 33 heteroatoms. The maximum atomic E-state index is 12.6. The predicted molar refractivity (Wildman–Crippen MR) is 186 cm³/mol. The van der Waals surface area contributed by atoms with Crippen LogP contribution in [-0.4, -0.2) is 66.8 Å². The van der Waals surface area contributed by atoms with E-state index >= 15 is 0 Å². The molecule has 5 rings (SSSR count). The summed E-state index contributed by atoms with van der Waals surface area (Å²) in [6.07, 6.45) is 0. The van der Waals surface area contributed by atoms with Crippen molar-refractivity contribution in [3.8, 4) is 5.75 Å². The molecule has 5 aromatic rings. The van der Waals surface area contributed by atoms with Crippen LogP contribution < -0.4 is 139 Å². The van der Waals surface area contributed by atoms with Gasteiger partial charge >= 0.3 is 118 Å². The van der Waals surface area contributed by atoms with E-state index in [1.807, 2.05) is 0 Å². The Labute approximate surface area is 442 Å². The van der Waals surface area contributed by atoms with E-state index in [1.165, 1.54) is 36.4 Å². The molecular formula is C27H18ClN7Na4O16S5. The van der Waals surface area contributed by atoms with Crippen LogP contribution in [0.4, 0.5) is 34.6 Å². The number of nitrogens with zero attached hydrogens (tertiary/aromatic N) is 5. The number of anilines is 4. The summed E-state index contributed by atoms with van der Waals surface area (Å²) in [4.78, 5) is 10.2. The number of azo groups is 1. The molecule has 0 saturated carbocycles. The Balaban J connectivity index is 0.00000450. The Morgan fingerprint density at radius 2 is 1.38 bits per heavy atom. The number of phenols is 1. The van der Waals surface area contributed by atoms with Gasteiger partial charge in [0.2, 0.25) is 17.2 Å². The number of sulfone groups is 1. The van der Waals surface area contributed by atoms with E-state index < -0.39 is 68.3 Å². The standard InChI is InChI=1S/C27H22ClN7O16S5.4Na/c28-25-31-26(29-16-2-1-3-18(12-16)55(41,42)43)33-27(32-25)30-20-13-19(56(44,45)46)10-14-11-21(52-50-48-37)23(24(36)22(14)20)35-34-15-4-6-17(7-5-15)54(39,40)9-8-47-53-51-49-38;;;;/h1-7,10-13,36-38H,8-9H2,(H,41,42,43)(H,44,45,46)(H2,29,30,31,32,33);;;;/q;4*+1/p-4. The zero-order valence-corrected chi connectivity index (χ0v) is 43.8. The van der Waals surface area contributed by atoms with E-state index in [-0.39, 0.29) is 193 Å². The first-order valence-corrected chi connectivity index (χ1v) is 20.7. The minimum absolute atomic E-state index is 0. The molecule has 0 aliphatic rings. The van der Waals surface area contributed by atoms with Crippen molar-refractivity contribution in [1.82, 2.24) is 15.0 Å². The van der Waals surface area contributed by atoms with Crippen LogP contribution in [0.25, 0.3) is 10.8 Å². The number of rotatable bonds is 18. The van der Waals surface area contributed by atoms with E-state index in [0.717, 1.165) is 30.3 Å². The quantitative estimate of drug-likeness (QED) is 0.0140. The van der Waals surface area contributed by atoms with E-state index in [4.69, 9.17) is 15.8 Å². The predicted octanol–water partition coefficient (Wildman–Crippen LogP) is -9.08. The first-order valence-electron chi connectivity index (χ1n) is 14.4. The molecule has 1 heterocycles. The van der Waals surface area contributed by atoms with Crippen LogP contribution in [0.1, 0.15) is 0 Å². The summed E-state index contributed by atoms with van der Waals surface area (Å²) < 4.78 is 109. The van der Waals surface area contributed by atoms with Gasteiger partial charge in [0, 0.05) is 11.1 Å². The van der Waals surface area contributed by atoms with Gasteiger partial charge in [-0.3, -0.25) is 14.3 Å². The molecule has 23 nitrogen and oxygen atoms in total. The Kier molecular flexibility index (Phi) is 24.9. The van der Waals surface area contributed by atoms with Gasteiger partial charge in [-0.1, -0.05) is 6.07 Å². The number of halogens is 1. The van der Waals surface area contributed by atoms with Gasteiger partial charge in [0.15, 0.2) is 27.9 Å². The summed E-state index contributed by atoms with van der Waals surface area (Å²) >= 11 is 6.45. The largest absolute Gasteiger partial charge is 1.00 e. The van der Waals surface area contributed by atoms with E-state index in [1.54, 1.807) is 0 Å². The molecule has 0 saturated heterocycles. The molecule has 298 valence electrons. The number of hydrogen-bond acceptors (Lipinski definition) is 25. The third kappa shape index (κ3) is 16.3. The molecule has 1 aromatic heterocycles. The van der Waals surface area contributed by atoms with Gasteiger partial charge in [0.1, 0.15) is 25.9 Å². The fourth-order valence-electron chi connectivity index (χ4n) is 4.51. The number of aromatic nitrogens is 3. The molecular weight excluding hydrogens is 966 g/mol. The van der Waals surface area contributed by atoms with Crippen molar-refractivity contribution < 1.29 is 191 Å². The number of hydrogen-bond donors (Lipinski definition) is 3. The zero-order chi connectivity index (χ0) is 40.7. The Morgan fingerprint density at radius 3 is 2.00 bits per heavy atom. The minimum Gasteiger partial charge on any atom is -0.744 e. The van der Waals surface area contributed by atoms with E-state index in [0.29, 0.717) is 0 Å². The molecule has 0 aliphatic carbocycles. The number of benzene rings is 4. The summed E-state index contributed by atoms with van der Waals surface area (Å²) in [6, 6.07) is 12.5. The maximum absolute atomic E-state index is 12.6. The summed E-state index contributed by atoms with van der Waals surface area (Å²) in [5.41, 5.74) is -0.625. The van der Waals surface area contributed by atoms with E-state index in [2.05, 4.69) is 54.6 Å². The third-order valence-corrected chi connectivity index (χ3v) is 11.3.